The maximum atomic E-state index is 5.93. The fourth-order valence-electron chi connectivity index (χ4n) is 3.34. The first kappa shape index (κ1) is 16.8. The summed E-state index contributed by atoms with van der Waals surface area (Å²) in [6, 6.07) is 14.4. The summed E-state index contributed by atoms with van der Waals surface area (Å²) in [7, 11) is 0. The molecule has 0 radical (unpaired) electrons. The molecule has 0 aliphatic carbocycles. The van der Waals surface area contributed by atoms with Crippen molar-refractivity contribution < 1.29 is 4.42 Å². The number of rotatable bonds is 4. The Morgan fingerprint density at radius 2 is 1.84 bits per heavy atom. The van der Waals surface area contributed by atoms with E-state index in [1.54, 1.807) is 0 Å². The molecule has 1 aliphatic rings. The highest BCUT2D eigenvalue weighted by molar-refractivity contribution is 9.10. The maximum absolute atomic E-state index is 5.93. The van der Waals surface area contributed by atoms with Crippen LogP contribution >= 0.6 is 15.9 Å². The number of halogens is 1. The second-order valence-electron chi connectivity index (χ2n) is 6.54. The molecule has 2 aromatic carbocycles. The van der Waals surface area contributed by atoms with Crippen LogP contribution in [0.4, 0.5) is 0 Å². The van der Waals surface area contributed by atoms with E-state index in [0.717, 1.165) is 60.4 Å². The lowest BCUT2D eigenvalue weighted by Gasteiger charge is -2.34. The molecule has 0 unspecified atom stereocenters. The molecule has 2 heterocycles. The molecule has 0 bridgehead atoms. The molecule has 0 atom stereocenters. The van der Waals surface area contributed by atoms with E-state index < -0.39 is 0 Å². The van der Waals surface area contributed by atoms with Gasteiger partial charge in [-0.3, -0.25) is 4.90 Å². The average molecular weight is 400 g/mol. The molecule has 4 nitrogen and oxygen atoms in total. The second-order valence-corrected chi connectivity index (χ2v) is 7.46. The van der Waals surface area contributed by atoms with Crippen molar-refractivity contribution in [2.24, 2.45) is 0 Å². The molecule has 25 heavy (non-hydrogen) atoms. The van der Waals surface area contributed by atoms with Gasteiger partial charge in [0.1, 0.15) is 5.52 Å². The number of nitrogens with zero attached hydrogens (tertiary/aromatic N) is 3. The largest absolute Gasteiger partial charge is 0.436 e. The number of likely N-dealkylation sites (N-methyl/N-ethyl adjacent to an activating group) is 1. The van der Waals surface area contributed by atoms with Crippen molar-refractivity contribution in [1.29, 1.82) is 0 Å². The van der Waals surface area contributed by atoms with Crippen molar-refractivity contribution in [3.05, 3.63) is 52.5 Å². The Kier molecular flexibility index (Phi) is 4.88. The zero-order valence-corrected chi connectivity index (χ0v) is 16.0. The zero-order chi connectivity index (χ0) is 17.2. The van der Waals surface area contributed by atoms with Crippen LogP contribution < -0.4 is 0 Å². The first-order valence-corrected chi connectivity index (χ1v) is 9.60. The van der Waals surface area contributed by atoms with Crippen molar-refractivity contribution in [2.75, 3.05) is 32.7 Å². The monoisotopic (exact) mass is 399 g/mol. The lowest BCUT2D eigenvalue weighted by molar-refractivity contribution is 0.132. The average Bonchev–Trinajstić information content (AvgIpc) is 3.06. The Morgan fingerprint density at radius 1 is 1.04 bits per heavy atom. The highest BCUT2D eigenvalue weighted by Gasteiger charge is 2.16. The first-order valence-electron chi connectivity index (χ1n) is 8.81. The molecular formula is C20H22BrN3O. The minimum absolute atomic E-state index is 0.671. The molecule has 3 aromatic rings. The van der Waals surface area contributed by atoms with Crippen LogP contribution in [0.25, 0.3) is 22.6 Å². The summed E-state index contributed by atoms with van der Waals surface area (Å²) >= 11 is 3.50. The van der Waals surface area contributed by atoms with Gasteiger partial charge in [-0.2, -0.15) is 0 Å². The summed E-state index contributed by atoms with van der Waals surface area (Å²) in [4.78, 5) is 9.71. The summed E-state index contributed by atoms with van der Waals surface area (Å²) in [6.45, 7) is 8.95. The predicted molar refractivity (Wildman–Crippen MR) is 105 cm³/mol. The minimum Gasteiger partial charge on any atom is -0.436 e. The molecule has 0 amide bonds. The predicted octanol–water partition coefficient (Wildman–Crippen LogP) is 4.39. The van der Waals surface area contributed by atoms with Gasteiger partial charge in [0.25, 0.3) is 0 Å². The molecule has 1 aliphatic heterocycles. The third kappa shape index (κ3) is 3.78. The lowest BCUT2D eigenvalue weighted by Crippen LogP contribution is -2.45. The van der Waals surface area contributed by atoms with Gasteiger partial charge < -0.3 is 9.32 Å². The van der Waals surface area contributed by atoms with E-state index in [0.29, 0.717) is 5.89 Å². The van der Waals surface area contributed by atoms with Crippen LogP contribution in [-0.4, -0.2) is 47.5 Å². The second kappa shape index (κ2) is 7.28. The molecule has 1 aromatic heterocycles. The normalized spacial score (nSPS) is 16.6. The van der Waals surface area contributed by atoms with Crippen LogP contribution in [0.1, 0.15) is 12.5 Å². The highest BCUT2D eigenvalue weighted by atomic mass is 79.9. The van der Waals surface area contributed by atoms with Crippen LogP contribution in [-0.2, 0) is 6.54 Å². The Labute approximate surface area is 156 Å². The fourth-order valence-corrected chi connectivity index (χ4v) is 3.74. The van der Waals surface area contributed by atoms with E-state index in [4.69, 9.17) is 4.42 Å². The fraction of sp³-hybridized carbons (Fsp3) is 0.350. The molecular weight excluding hydrogens is 378 g/mol. The van der Waals surface area contributed by atoms with Crippen LogP contribution in [0.3, 0.4) is 0 Å². The number of fused-ring (bicyclic) bond motifs is 1. The van der Waals surface area contributed by atoms with E-state index in [9.17, 15) is 0 Å². The van der Waals surface area contributed by atoms with Crippen LogP contribution in [0.15, 0.2) is 51.4 Å². The molecule has 1 fully saturated rings. The number of hydrogen-bond acceptors (Lipinski definition) is 4. The topological polar surface area (TPSA) is 32.5 Å². The summed E-state index contributed by atoms with van der Waals surface area (Å²) in [5.41, 5.74) is 4.06. The molecule has 1 saturated heterocycles. The highest BCUT2D eigenvalue weighted by Crippen LogP contribution is 2.27. The van der Waals surface area contributed by atoms with Crippen molar-refractivity contribution >= 4 is 27.0 Å². The van der Waals surface area contributed by atoms with Gasteiger partial charge in [0.2, 0.25) is 5.89 Å². The van der Waals surface area contributed by atoms with Gasteiger partial charge in [0, 0.05) is 42.8 Å². The van der Waals surface area contributed by atoms with E-state index in [2.05, 4.69) is 49.8 Å². The molecule has 0 saturated carbocycles. The van der Waals surface area contributed by atoms with Gasteiger partial charge >= 0.3 is 0 Å². The Bertz CT molecular complexity index is 868. The summed E-state index contributed by atoms with van der Waals surface area (Å²) < 4.78 is 6.96. The van der Waals surface area contributed by atoms with Gasteiger partial charge in [-0.05, 0) is 42.4 Å². The van der Waals surface area contributed by atoms with Crippen molar-refractivity contribution in [3.63, 3.8) is 0 Å². The van der Waals surface area contributed by atoms with E-state index >= 15 is 0 Å². The Balaban J connectivity index is 1.52. The smallest absolute Gasteiger partial charge is 0.227 e. The zero-order valence-electron chi connectivity index (χ0n) is 14.4. The van der Waals surface area contributed by atoms with E-state index in [-0.39, 0.29) is 0 Å². The van der Waals surface area contributed by atoms with Gasteiger partial charge in [-0.15, -0.1) is 0 Å². The quantitative estimate of drug-likeness (QED) is 0.650. The summed E-state index contributed by atoms with van der Waals surface area (Å²) in [5.74, 6) is 0.671. The van der Waals surface area contributed by atoms with Gasteiger partial charge in [0.15, 0.2) is 5.58 Å². The number of oxazole rings is 1. The van der Waals surface area contributed by atoms with Crippen molar-refractivity contribution in [2.45, 2.75) is 13.5 Å². The summed E-state index contributed by atoms with van der Waals surface area (Å²) in [5, 5.41) is 0. The molecule has 130 valence electrons. The number of hydrogen-bond donors (Lipinski definition) is 0. The molecule has 0 N–H and O–H groups in total. The van der Waals surface area contributed by atoms with Gasteiger partial charge in [-0.25, -0.2) is 4.98 Å². The Hall–Kier alpha value is -1.69. The third-order valence-electron chi connectivity index (χ3n) is 4.84. The summed E-state index contributed by atoms with van der Waals surface area (Å²) in [6.07, 6.45) is 0. The molecule has 0 spiro atoms. The van der Waals surface area contributed by atoms with Crippen LogP contribution in [0.2, 0.25) is 0 Å². The van der Waals surface area contributed by atoms with Gasteiger partial charge in [-0.1, -0.05) is 35.0 Å². The number of aromatic nitrogens is 1. The van der Waals surface area contributed by atoms with Crippen molar-refractivity contribution in [3.8, 4) is 11.5 Å². The van der Waals surface area contributed by atoms with Crippen molar-refractivity contribution in [1.82, 2.24) is 14.8 Å². The number of piperazine rings is 1. The van der Waals surface area contributed by atoms with Gasteiger partial charge in [0.05, 0.1) is 0 Å². The van der Waals surface area contributed by atoms with E-state index in [1.807, 2.05) is 30.3 Å². The van der Waals surface area contributed by atoms with E-state index in [1.165, 1.54) is 5.56 Å². The maximum Gasteiger partial charge on any atom is 0.227 e. The lowest BCUT2D eigenvalue weighted by atomic mass is 10.2. The standard InChI is InChI=1S/C20H22BrN3O/c1-2-23-8-10-24(11-9-23)14-15-6-7-19-18(12-15)22-20(25-19)16-4-3-5-17(21)13-16/h3-7,12-13H,2,8-11,14H2,1H3. The van der Waals surface area contributed by atoms with Crippen LogP contribution in [0, 0.1) is 0 Å². The molecule has 5 heteroatoms. The van der Waals surface area contributed by atoms with Crippen LogP contribution in [0.5, 0.6) is 0 Å². The molecule has 4 rings (SSSR count). The number of benzene rings is 2. The Morgan fingerprint density at radius 3 is 2.60 bits per heavy atom. The minimum atomic E-state index is 0.671. The third-order valence-corrected chi connectivity index (χ3v) is 5.34. The first-order chi connectivity index (χ1) is 12.2. The SMILES string of the molecule is CCN1CCN(Cc2ccc3oc(-c4cccc(Br)c4)nc3c2)CC1.